The maximum Gasteiger partial charge on any atom is 0.212 e. The van der Waals surface area contributed by atoms with E-state index in [1.54, 1.807) is 24.3 Å². The molecule has 0 bridgehead atoms. The molecule has 2 rings (SSSR count). The SMILES string of the molecule is CON=C(CCC(=O)Cc1ccc(F)nc1)c1ccc(Cl)c(Cl)c1. The van der Waals surface area contributed by atoms with Crippen molar-refractivity contribution in [2.75, 3.05) is 7.11 Å². The standard InChI is InChI=1S/C17H15Cl2FN2O2/c1-24-22-16(12-3-5-14(18)15(19)9-12)6-4-13(23)8-11-2-7-17(20)21-10-11/h2-3,5,7,9-10H,4,6,8H2,1H3. The molecule has 0 aliphatic carbocycles. The van der Waals surface area contributed by atoms with E-state index in [-0.39, 0.29) is 18.6 Å². The van der Waals surface area contributed by atoms with E-state index in [1.165, 1.54) is 19.4 Å². The van der Waals surface area contributed by atoms with Gasteiger partial charge in [-0.3, -0.25) is 4.79 Å². The highest BCUT2D eigenvalue weighted by molar-refractivity contribution is 6.42. The number of benzene rings is 1. The lowest BCUT2D eigenvalue weighted by molar-refractivity contribution is -0.118. The van der Waals surface area contributed by atoms with Crippen molar-refractivity contribution in [1.29, 1.82) is 0 Å². The molecule has 0 N–H and O–H groups in total. The van der Waals surface area contributed by atoms with Crippen LogP contribution in [0.4, 0.5) is 4.39 Å². The smallest absolute Gasteiger partial charge is 0.212 e. The van der Waals surface area contributed by atoms with Gasteiger partial charge in [-0.05, 0) is 23.8 Å². The third-order valence-electron chi connectivity index (χ3n) is 3.28. The van der Waals surface area contributed by atoms with Gasteiger partial charge in [0.15, 0.2) is 0 Å². The van der Waals surface area contributed by atoms with E-state index in [2.05, 4.69) is 10.1 Å². The van der Waals surface area contributed by atoms with E-state index in [4.69, 9.17) is 28.0 Å². The van der Waals surface area contributed by atoms with Gasteiger partial charge in [-0.15, -0.1) is 0 Å². The number of carbonyl (C=O) groups excluding carboxylic acids is 1. The topological polar surface area (TPSA) is 51.5 Å². The minimum absolute atomic E-state index is 0.00716. The van der Waals surface area contributed by atoms with Crippen molar-refractivity contribution in [3.8, 4) is 0 Å². The van der Waals surface area contributed by atoms with Crippen LogP contribution in [0.15, 0.2) is 41.7 Å². The van der Waals surface area contributed by atoms with Gasteiger partial charge in [0.1, 0.15) is 12.9 Å². The Morgan fingerprint density at radius 2 is 2.00 bits per heavy atom. The fourth-order valence-corrected chi connectivity index (χ4v) is 2.41. The molecule has 0 amide bonds. The van der Waals surface area contributed by atoms with Crippen molar-refractivity contribution in [2.45, 2.75) is 19.3 Å². The molecule has 1 heterocycles. The van der Waals surface area contributed by atoms with Gasteiger partial charge in [0.2, 0.25) is 5.95 Å². The Bertz CT molecular complexity index is 749. The van der Waals surface area contributed by atoms with E-state index in [0.29, 0.717) is 27.7 Å². The summed E-state index contributed by atoms with van der Waals surface area (Å²) in [6.07, 6.45) is 2.20. The minimum Gasteiger partial charge on any atom is -0.399 e. The summed E-state index contributed by atoms with van der Waals surface area (Å²) >= 11 is 11.9. The molecular formula is C17H15Cl2FN2O2. The molecule has 0 spiro atoms. The van der Waals surface area contributed by atoms with Crippen LogP contribution >= 0.6 is 23.2 Å². The van der Waals surface area contributed by atoms with Crippen molar-refractivity contribution < 1.29 is 14.0 Å². The number of ketones is 1. The number of hydrogen-bond donors (Lipinski definition) is 0. The van der Waals surface area contributed by atoms with Crippen LogP contribution in [0.25, 0.3) is 0 Å². The largest absolute Gasteiger partial charge is 0.399 e. The molecule has 1 aromatic heterocycles. The molecule has 0 atom stereocenters. The molecule has 0 aliphatic rings. The fourth-order valence-electron chi connectivity index (χ4n) is 2.11. The molecule has 2 aromatic rings. The number of aromatic nitrogens is 1. The van der Waals surface area contributed by atoms with Gasteiger partial charge in [0.05, 0.1) is 15.8 Å². The van der Waals surface area contributed by atoms with Crippen LogP contribution in [-0.2, 0) is 16.1 Å². The number of carbonyl (C=O) groups is 1. The van der Waals surface area contributed by atoms with E-state index in [9.17, 15) is 9.18 Å². The Morgan fingerprint density at radius 3 is 2.62 bits per heavy atom. The second-order valence-electron chi connectivity index (χ2n) is 5.05. The first-order valence-corrected chi connectivity index (χ1v) is 7.92. The van der Waals surface area contributed by atoms with Crippen LogP contribution in [0.2, 0.25) is 10.0 Å². The number of nitrogens with zero attached hydrogens (tertiary/aromatic N) is 2. The summed E-state index contributed by atoms with van der Waals surface area (Å²) in [6.45, 7) is 0. The van der Waals surface area contributed by atoms with Crippen LogP contribution < -0.4 is 0 Å². The number of pyridine rings is 1. The minimum atomic E-state index is -0.569. The molecule has 4 nitrogen and oxygen atoms in total. The summed E-state index contributed by atoms with van der Waals surface area (Å²) in [4.78, 5) is 20.5. The Morgan fingerprint density at radius 1 is 1.21 bits per heavy atom. The third kappa shape index (κ3) is 5.28. The molecular weight excluding hydrogens is 354 g/mol. The van der Waals surface area contributed by atoms with Crippen LogP contribution in [0.3, 0.4) is 0 Å². The molecule has 7 heteroatoms. The lowest BCUT2D eigenvalue weighted by atomic mass is 10.0. The molecule has 0 fully saturated rings. The van der Waals surface area contributed by atoms with Gasteiger partial charge in [-0.1, -0.05) is 40.5 Å². The van der Waals surface area contributed by atoms with Crippen molar-refractivity contribution in [3.63, 3.8) is 0 Å². The van der Waals surface area contributed by atoms with Crippen molar-refractivity contribution in [3.05, 3.63) is 63.6 Å². The predicted molar refractivity (Wildman–Crippen MR) is 92.1 cm³/mol. The van der Waals surface area contributed by atoms with Crippen LogP contribution in [0.1, 0.15) is 24.0 Å². The number of rotatable bonds is 7. The normalized spacial score (nSPS) is 11.4. The average molecular weight is 369 g/mol. The van der Waals surface area contributed by atoms with Crippen molar-refractivity contribution >= 4 is 34.7 Å². The summed E-state index contributed by atoms with van der Waals surface area (Å²) in [6, 6.07) is 7.88. The molecule has 126 valence electrons. The highest BCUT2D eigenvalue weighted by atomic mass is 35.5. The van der Waals surface area contributed by atoms with Gasteiger partial charge < -0.3 is 4.84 Å². The monoisotopic (exact) mass is 368 g/mol. The molecule has 0 saturated carbocycles. The first-order chi connectivity index (χ1) is 11.5. The van der Waals surface area contributed by atoms with Gasteiger partial charge in [0, 0.05) is 31.0 Å². The van der Waals surface area contributed by atoms with Crippen LogP contribution in [-0.4, -0.2) is 23.6 Å². The highest BCUT2D eigenvalue weighted by Crippen LogP contribution is 2.23. The summed E-state index contributed by atoms with van der Waals surface area (Å²) in [5.41, 5.74) is 2.00. The fraction of sp³-hybridized carbons (Fsp3) is 0.235. The molecule has 1 aromatic carbocycles. The molecule has 0 radical (unpaired) electrons. The van der Waals surface area contributed by atoms with Gasteiger partial charge in [-0.2, -0.15) is 4.39 Å². The van der Waals surface area contributed by atoms with Crippen molar-refractivity contribution in [1.82, 2.24) is 4.98 Å². The number of oxime groups is 1. The summed E-state index contributed by atoms with van der Waals surface area (Å²) < 4.78 is 12.8. The quantitative estimate of drug-likeness (QED) is 0.411. The highest BCUT2D eigenvalue weighted by Gasteiger charge is 2.11. The lowest BCUT2D eigenvalue weighted by Crippen LogP contribution is -2.09. The number of Topliss-reactive ketones (excluding diaryl/α,β-unsaturated/α-hetero) is 1. The zero-order chi connectivity index (χ0) is 17.5. The molecule has 0 aliphatic heterocycles. The summed E-state index contributed by atoms with van der Waals surface area (Å²) in [5.74, 6) is -0.576. The van der Waals surface area contributed by atoms with E-state index < -0.39 is 5.95 Å². The second kappa shape index (κ2) is 8.76. The zero-order valence-corrected chi connectivity index (χ0v) is 14.4. The average Bonchev–Trinajstić information content (AvgIpc) is 2.56. The van der Waals surface area contributed by atoms with Crippen LogP contribution in [0, 0.1) is 5.95 Å². The van der Waals surface area contributed by atoms with Gasteiger partial charge in [0.25, 0.3) is 0 Å². The molecule has 0 saturated heterocycles. The second-order valence-corrected chi connectivity index (χ2v) is 5.87. The van der Waals surface area contributed by atoms with E-state index >= 15 is 0 Å². The van der Waals surface area contributed by atoms with E-state index in [0.717, 1.165) is 5.56 Å². The Balaban J connectivity index is 2.00. The molecule has 0 unspecified atom stereocenters. The first kappa shape index (κ1) is 18.4. The predicted octanol–water partition coefficient (Wildman–Crippen LogP) is 4.47. The van der Waals surface area contributed by atoms with Crippen molar-refractivity contribution in [2.24, 2.45) is 5.16 Å². The van der Waals surface area contributed by atoms with E-state index in [1.807, 2.05) is 0 Å². The Hall–Kier alpha value is -1.98. The number of hydrogen-bond acceptors (Lipinski definition) is 4. The zero-order valence-electron chi connectivity index (χ0n) is 12.9. The maximum atomic E-state index is 12.8. The summed E-state index contributed by atoms with van der Waals surface area (Å²) in [7, 11) is 1.43. The van der Waals surface area contributed by atoms with Gasteiger partial charge in [-0.25, -0.2) is 4.98 Å². The van der Waals surface area contributed by atoms with Crippen LogP contribution in [0.5, 0.6) is 0 Å². The Labute approximate surface area is 149 Å². The maximum absolute atomic E-state index is 12.8. The van der Waals surface area contributed by atoms with Gasteiger partial charge >= 0.3 is 0 Å². The molecule has 24 heavy (non-hydrogen) atoms. The third-order valence-corrected chi connectivity index (χ3v) is 4.02. The summed E-state index contributed by atoms with van der Waals surface area (Å²) in [5, 5.41) is 4.80. The number of halogens is 3. The first-order valence-electron chi connectivity index (χ1n) is 7.17. The Kier molecular flexibility index (Phi) is 6.70. The lowest BCUT2D eigenvalue weighted by Gasteiger charge is -2.07.